The Balaban J connectivity index is 1.78. The Hall–Kier alpha value is -1.99. The lowest BCUT2D eigenvalue weighted by Crippen LogP contribution is -2.31. The molecule has 1 aromatic carbocycles. The minimum Gasteiger partial charge on any atom is -0.381 e. The Morgan fingerprint density at radius 2 is 2.17 bits per heavy atom. The van der Waals surface area contributed by atoms with E-state index < -0.39 is 10.8 Å². The van der Waals surface area contributed by atoms with Crippen molar-refractivity contribution < 1.29 is 14.5 Å². The third kappa shape index (κ3) is 3.86. The average molecular weight is 319 g/mol. The van der Waals surface area contributed by atoms with Crippen LogP contribution in [0.15, 0.2) is 18.2 Å². The van der Waals surface area contributed by atoms with Gasteiger partial charge in [-0.15, -0.1) is 0 Å². The minimum absolute atomic E-state index is 0.0328. The van der Waals surface area contributed by atoms with Crippen LogP contribution >= 0.6 is 0 Å². The predicted octanol–water partition coefficient (Wildman–Crippen LogP) is 1.69. The number of nitro groups is 1. The van der Waals surface area contributed by atoms with Crippen LogP contribution in [0.4, 0.5) is 5.69 Å². The highest BCUT2D eigenvalue weighted by molar-refractivity contribution is 5.93. The van der Waals surface area contributed by atoms with Crippen LogP contribution in [0.5, 0.6) is 0 Å². The highest BCUT2D eigenvalue weighted by atomic mass is 16.6. The standard InChI is InChI=1S/C16H21N3O4/c17-16(20)12-1-2-13(15(7-12)19(21)22)9-18(14-3-4-14)8-11-5-6-23-10-11/h1-2,7,11,14H,3-6,8-10H2,(H2,17,20)/t11-/m0/s1. The zero-order valence-corrected chi connectivity index (χ0v) is 12.9. The van der Waals surface area contributed by atoms with Gasteiger partial charge in [-0.05, 0) is 31.2 Å². The molecule has 3 rings (SSSR count). The van der Waals surface area contributed by atoms with Gasteiger partial charge in [-0.3, -0.25) is 19.8 Å². The molecule has 2 aliphatic rings. The highest BCUT2D eigenvalue weighted by Crippen LogP contribution is 2.32. The van der Waals surface area contributed by atoms with Gasteiger partial charge >= 0.3 is 0 Å². The van der Waals surface area contributed by atoms with Crippen molar-refractivity contribution >= 4 is 11.6 Å². The fourth-order valence-electron chi connectivity index (χ4n) is 3.08. The number of nitro benzene ring substituents is 1. The summed E-state index contributed by atoms with van der Waals surface area (Å²) in [4.78, 5) is 24.4. The first-order valence-corrected chi connectivity index (χ1v) is 7.93. The second kappa shape index (κ2) is 6.64. The lowest BCUT2D eigenvalue weighted by molar-refractivity contribution is -0.385. The first kappa shape index (κ1) is 15.9. The minimum atomic E-state index is -0.651. The van der Waals surface area contributed by atoms with Crippen molar-refractivity contribution in [1.82, 2.24) is 4.90 Å². The Morgan fingerprint density at radius 1 is 1.39 bits per heavy atom. The molecule has 1 atom stereocenters. The summed E-state index contributed by atoms with van der Waals surface area (Å²) in [5, 5.41) is 11.3. The number of benzene rings is 1. The summed E-state index contributed by atoms with van der Waals surface area (Å²) in [6.07, 6.45) is 3.33. The summed E-state index contributed by atoms with van der Waals surface area (Å²) in [6, 6.07) is 5.00. The van der Waals surface area contributed by atoms with E-state index >= 15 is 0 Å². The van der Waals surface area contributed by atoms with E-state index in [0.717, 1.165) is 39.0 Å². The van der Waals surface area contributed by atoms with E-state index in [4.69, 9.17) is 10.5 Å². The molecule has 0 radical (unpaired) electrons. The zero-order valence-electron chi connectivity index (χ0n) is 12.9. The monoisotopic (exact) mass is 319 g/mol. The van der Waals surface area contributed by atoms with Gasteiger partial charge in [0.1, 0.15) is 0 Å². The molecule has 1 saturated carbocycles. The maximum absolute atomic E-state index is 11.3. The molecule has 7 heteroatoms. The molecule has 0 aromatic heterocycles. The van der Waals surface area contributed by atoms with Crippen molar-refractivity contribution in [2.45, 2.75) is 31.8 Å². The molecule has 1 saturated heterocycles. The number of rotatable bonds is 7. The van der Waals surface area contributed by atoms with Crippen LogP contribution < -0.4 is 5.73 Å². The van der Waals surface area contributed by atoms with Gasteiger partial charge in [-0.2, -0.15) is 0 Å². The van der Waals surface area contributed by atoms with Crippen molar-refractivity contribution in [2.24, 2.45) is 11.7 Å². The first-order valence-electron chi connectivity index (χ1n) is 7.93. The second-order valence-electron chi connectivity index (χ2n) is 6.36. The van der Waals surface area contributed by atoms with Gasteiger partial charge in [-0.25, -0.2) is 0 Å². The normalized spacial score (nSPS) is 20.8. The predicted molar refractivity (Wildman–Crippen MR) is 84.0 cm³/mol. The molecule has 1 heterocycles. The molecule has 7 nitrogen and oxygen atoms in total. The Bertz CT molecular complexity index is 609. The van der Waals surface area contributed by atoms with Crippen molar-refractivity contribution in [1.29, 1.82) is 0 Å². The maximum Gasteiger partial charge on any atom is 0.274 e. The smallest absolute Gasteiger partial charge is 0.274 e. The average Bonchev–Trinajstić information content (AvgIpc) is 3.24. The molecule has 0 bridgehead atoms. The molecular weight excluding hydrogens is 298 g/mol. The third-order valence-corrected chi connectivity index (χ3v) is 4.52. The number of carbonyl (C=O) groups excluding carboxylic acids is 1. The lowest BCUT2D eigenvalue weighted by atomic mass is 10.1. The first-order chi connectivity index (χ1) is 11.0. The molecule has 0 unspecified atom stereocenters. The second-order valence-corrected chi connectivity index (χ2v) is 6.36. The largest absolute Gasteiger partial charge is 0.381 e. The van der Waals surface area contributed by atoms with Gasteiger partial charge in [0.05, 0.1) is 11.5 Å². The van der Waals surface area contributed by atoms with Gasteiger partial charge in [0, 0.05) is 42.9 Å². The van der Waals surface area contributed by atoms with Crippen LogP contribution in [-0.4, -0.2) is 41.5 Å². The van der Waals surface area contributed by atoms with E-state index in [-0.39, 0.29) is 11.3 Å². The molecule has 23 heavy (non-hydrogen) atoms. The van der Waals surface area contributed by atoms with E-state index in [9.17, 15) is 14.9 Å². The quantitative estimate of drug-likeness (QED) is 0.609. The number of hydrogen-bond acceptors (Lipinski definition) is 5. The summed E-state index contributed by atoms with van der Waals surface area (Å²) in [5.74, 6) is -0.152. The number of nitrogens with zero attached hydrogens (tertiary/aromatic N) is 2. The SMILES string of the molecule is NC(=O)c1ccc(CN(C[C@@H]2CCOC2)C2CC2)c([N+](=O)[O-])c1. The van der Waals surface area contributed by atoms with E-state index in [1.165, 1.54) is 6.07 Å². The number of ether oxygens (including phenoxy) is 1. The van der Waals surface area contributed by atoms with Crippen LogP contribution in [0.3, 0.4) is 0 Å². The van der Waals surface area contributed by atoms with Gasteiger partial charge in [0.25, 0.3) is 5.69 Å². The third-order valence-electron chi connectivity index (χ3n) is 4.52. The van der Waals surface area contributed by atoms with E-state index in [1.54, 1.807) is 12.1 Å². The van der Waals surface area contributed by atoms with E-state index in [1.807, 2.05) is 0 Å². The van der Waals surface area contributed by atoms with Crippen LogP contribution in [-0.2, 0) is 11.3 Å². The number of amides is 1. The number of nitrogens with two attached hydrogens (primary N) is 1. The Kier molecular flexibility index (Phi) is 4.58. The fourth-order valence-corrected chi connectivity index (χ4v) is 3.08. The summed E-state index contributed by atoms with van der Waals surface area (Å²) in [7, 11) is 0. The van der Waals surface area contributed by atoms with E-state index in [2.05, 4.69) is 4.90 Å². The molecule has 1 aliphatic carbocycles. The molecule has 2 N–H and O–H groups in total. The van der Waals surface area contributed by atoms with Crippen LogP contribution in [0.1, 0.15) is 35.2 Å². The molecule has 0 spiro atoms. The molecule has 1 amide bonds. The Morgan fingerprint density at radius 3 is 2.74 bits per heavy atom. The fraction of sp³-hybridized carbons (Fsp3) is 0.562. The number of primary amides is 1. The maximum atomic E-state index is 11.3. The summed E-state index contributed by atoms with van der Waals surface area (Å²) in [6.45, 7) is 3.00. The van der Waals surface area contributed by atoms with Crippen molar-refractivity contribution in [3.05, 3.63) is 39.4 Å². The van der Waals surface area contributed by atoms with Crippen molar-refractivity contribution in [3.8, 4) is 0 Å². The molecular formula is C16H21N3O4. The zero-order chi connectivity index (χ0) is 16.4. The van der Waals surface area contributed by atoms with Crippen LogP contribution in [0.2, 0.25) is 0 Å². The number of carbonyl (C=O) groups is 1. The molecule has 124 valence electrons. The summed E-state index contributed by atoms with van der Waals surface area (Å²) in [5.41, 5.74) is 5.98. The van der Waals surface area contributed by atoms with Gasteiger partial charge in [0.15, 0.2) is 0 Å². The topological polar surface area (TPSA) is 98.7 Å². The van der Waals surface area contributed by atoms with E-state index in [0.29, 0.717) is 24.1 Å². The highest BCUT2D eigenvalue weighted by Gasteiger charge is 2.33. The van der Waals surface area contributed by atoms with Gasteiger partial charge < -0.3 is 10.5 Å². The molecule has 1 aromatic rings. The summed E-state index contributed by atoms with van der Waals surface area (Å²) >= 11 is 0. The number of hydrogen-bond donors (Lipinski definition) is 1. The van der Waals surface area contributed by atoms with Crippen molar-refractivity contribution in [2.75, 3.05) is 19.8 Å². The van der Waals surface area contributed by atoms with Crippen LogP contribution in [0.25, 0.3) is 0 Å². The van der Waals surface area contributed by atoms with Crippen LogP contribution in [0, 0.1) is 16.0 Å². The van der Waals surface area contributed by atoms with Crippen molar-refractivity contribution in [3.63, 3.8) is 0 Å². The lowest BCUT2D eigenvalue weighted by Gasteiger charge is -2.24. The molecule has 2 fully saturated rings. The van der Waals surface area contributed by atoms with Gasteiger partial charge in [-0.1, -0.05) is 6.07 Å². The van der Waals surface area contributed by atoms with Gasteiger partial charge in [0.2, 0.25) is 5.91 Å². The molecule has 1 aliphatic heterocycles. The Labute approximate surface area is 134 Å². The summed E-state index contributed by atoms with van der Waals surface area (Å²) < 4.78 is 5.43.